The summed E-state index contributed by atoms with van der Waals surface area (Å²) in [5.74, 6) is 0.945. The number of halogens is 1. The zero-order valence-corrected chi connectivity index (χ0v) is 14.7. The highest BCUT2D eigenvalue weighted by Gasteiger charge is 2.34. The molecule has 2 fully saturated rings. The van der Waals surface area contributed by atoms with Crippen LogP contribution in [0, 0.1) is 5.92 Å². The van der Waals surface area contributed by atoms with Crippen LogP contribution in [0.15, 0.2) is 5.38 Å². The molecule has 1 aromatic heterocycles. The smallest absolute Gasteiger partial charge is 0.252 e. The Balaban J connectivity index is 0.00000144. The second-order valence-corrected chi connectivity index (χ2v) is 8.14. The molecule has 2 saturated heterocycles. The van der Waals surface area contributed by atoms with Gasteiger partial charge in [-0.15, -0.1) is 23.7 Å². The van der Waals surface area contributed by atoms with Gasteiger partial charge in [0.15, 0.2) is 0 Å². The Morgan fingerprint density at radius 2 is 2.00 bits per heavy atom. The molecule has 22 heavy (non-hydrogen) atoms. The third-order valence-corrected chi connectivity index (χ3v) is 6.51. The second-order valence-electron chi connectivity index (χ2n) is 7.18. The van der Waals surface area contributed by atoms with Crippen molar-refractivity contribution in [3.05, 3.63) is 21.4 Å². The van der Waals surface area contributed by atoms with Gasteiger partial charge in [0, 0.05) is 28.4 Å². The third-order valence-electron chi connectivity index (χ3n) is 5.45. The molecule has 3 heterocycles. The Morgan fingerprint density at radius 3 is 2.73 bits per heavy atom. The molecule has 3 unspecified atom stereocenters. The van der Waals surface area contributed by atoms with Crippen LogP contribution in [0.5, 0.6) is 0 Å². The van der Waals surface area contributed by atoms with Crippen molar-refractivity contribution >= 4 is 29.7 Å². The molecule has 2 N–H and O–H groups in total. The Morgan fingerprint density at radius 1 is 1.27 bits per heavy atom. The lowest BCUT2D eigenvalue weighted by atomic mass is 9.88. The Hall–Kier alpha value is -0.580. The van der Waals surface area contributed by atoms with Crippen molar-refractivity contribution in [2.24, 2.45) is 5.92 Å². The fraction of sp³-hybridized carbons (Fsp3) is 0.706. The summed E-state index contributed by atoms with van der Waals surface area (Å²) in [7, 11) is 0. The molecule has 3 aliphatic rings. The van der Waals surface area contributed by atoms with Gasteiger partial charge in [0.2, 0.25) is 0 Å². The van der Waals surface area contributed by atoms with Crippen LogP contribution in [0.3, 0.4) is 0 Å². The van der Waals surface area contributed by atoms with Crippen molar-refractivity contribution in [2.75, 3.05) is 0 Å². The van der Waals surface area contributed by atoms with Crippen molar-refractivity contribution in [1.82, 2.24) is 10.6 Å². The molecule has 3 atom stereocenters. The number of nitrogens with one attached hydrogen (secondary N) is 2. The average Bonchev–Trinajstić information content (AvgIpc) is 3.01. The maximum Gasteiger partial charge on any atom is 0.252 e. The molecule has 2 bridgehead atoms. The van der Waals surface area contributed by atoms with Gasteiger partial charge in [-0.3, -0.25) is 4.79 Å². The standard InChI is InChI=1S/C17H24N2OS.ClH/c1-10-2-5-14-15(9-21-16(14)6-10)17(20)19-13-7-11-3-4-12(8-13)18-11;/h9-13,18H,2-8H2,1H3,(H,19,20);1H. The van der Waals surface area contributed by atoms with Crippen LogP contribution < -0.4 is 10.6 Å². The zero-order chi connectivity index (χ0) is 14.4. The fourth-order valence-corrected chi connectivity index (χ4v) is 5.55. The van der Waals surface area contributed by atoms with E-state index in [0.717, 1.165) is 37.2 Å². The second kappa shape index (κ2) is 6.50. The first-order valence-electron chi connectivity index (χ1n) is 8.35. The summed E-state index contributed by atoms with van der Waals surface area (Å²) in [4.78, 5) is 14.1. The lowest BCUT2D eigenvalue weighted by Crippen LogP contribution is -2.48. The van der Waals surface area contributed by atoms with Gasteiger partial charge >= 0.3 is 0 Å². The van der Waals surface area contributed by atoms with Crippen molar-refractivity contribution in [1.29, 1.82) is 0 Å². The topological polar surface area (TPSA) is 41.1 Å². The van der Waals surface area contributed by atoms with Crippen LogP contribution in [-0.2, 0) is 12.8 Å². The Labute approximate surface area is 142 Å². The largest absolute Gasteiger partial charge is 0.349 e. The van der Waals surface area contributed by atoms with E-state index in [2.05, 4.69) is 22.9 Å². The van der Waals surface area contributed by atoms with Crippen LogP contribution in [-0.4, -0.2) is 24.0 Å². The van der Waals surface area contributed by atoms with Gasteiger partial charge in [-0.1, -0.05) is 6.92 Å². The quantitative estimate of drug-likeness (QED) is 0.867. The number of thiophene rings is 1. The van der Waals surface area contributed by atoms with E-state index in [1.54, 1.807) is 11.3 Å². The molecule has 2 aliphatic heterocycles. The molecule has 1 aromatic rings. The minimum absolute atomic E-state index is 0. The number of hydrogen-bond acceptors (Lipinski definition) is 3. The number of amides is 1. The number of hydrogen-bond donors (Lipinski definition) is 2. The highest BCUT2D eigenvalue weighted by Crippen LogP contribution is 2.33. The van der Waals surface area contributed by atoms with Crippen LogP contribution in [0.25, 0.3) is 0 Å². The molecule has 1 aliphatic carbocycles. The normalized spacial score (nSPS) is 33.0. The van der Waals surface area contributed by atoms with Gasteiger partial charge in [0.1, 0.15) is 0 Å². The number of fused-ring (bicyclic) bond motifs is 3. The summed E-state index contributed by atoms with van der Waals surface area (Å²) >= 11 is 1.79. The van der Waals surface area contributed by atoms with E-state index in [1.165, 1.54) is 29.7 Å². The molecule has 3 nitrogen and oxygen atoms in total. The zero-order valence-electron chi connectivity index (χ0n) is 13.1. The van der Waals surface area contributed by atoms with Crippen LogP contribution >= 0.6 is 23.7 Å². The minimum atomic E-state index is 0. The van der Waals surface area contributed by atoms with Gasteiger partial charge in [-0.05, 0) is 56.4 Å². The molecule has 1 amide bonds. The molecule has 4 rings (SSSR count). The van der Waals surface area contributed by atoms with Crippen molar-refractivity contribution < 1.29 is 4.79 Å². The van der Waals surface area contributed by atoms with E-state index < -0.39 is 0 Å². The van der Waals surface area contributed by atoms with E-state index in [1.807, 2.05) is 0 Å². The molecular formula is C17H25ClN2OS. The molecule has 5 heteroatoms. The molecular weight excluding hydrogens is 316 g/mol. The van der Waals surface area contributed by atoms with E-state index in [-0.39, 0.29) is 18.3 Å². The van der Waals surface area contributed by atoms with Crippen LogP contribution in [0.4, 0.5) is 0 Å². The third kappa shape index (κ3) is 3.06. The minimum Gasteiger partial charge on any atom is -0.349 e. The SMILES string of the molecule is CC1CCc2c(C(=O)NC3CC4CCC(C3)N4)csc2C1.Cl. The van der Waals surface area contributed by atoms with Crippen molar-refractivity contribution in [2.45, 2.75) is 70.0 Å². The van der Waals surface area contributed by atoms with E-state index in [4.69, 9.17) is 0 Å². The predicted octanol–water partition coefficient (Wildman–Crippen LogP) is 3.31. The van der Waals surface area contributed by atoms with Crippen LogP contribution in [0.2, 0.25) is 0 Å². The summed E-state index contributed by atoms with van der Waals surface area (Å²) in [5, 5.41) is 9.04. The van der Waals surface area contributed by atoms with Crippen LogP contribution in [0.1, 0.15) is 59.8 Å². The van der Waals surface area contributed by atoms with Gasteiger partial charge < -0.3 is 10.6 Å². The van der Waals surface area contributed by atoms with Gasteiger partial charge in [-0.25, -0.2) is 0 Å². The van der Waals surface area contributed by atoms with Gasteiger partial charge in [-0.2, -0.15) is 0 Å². The molecule has 0 saturated carbocycles. The van der Waals surface area contributed by atoms with Gasteiger partial charge in [0.25, 0.3) is 5.91 Å². The first-order valence-corrected chi connectivity index (χ1v) is 9.23. The maximum atomic E-state index is 12.6. The first kappa shape index (κ1) is 16.3. The van der Waals surface area contributed by atoms with Gasteiger partial charge in [0.05, 0.1) is 5.56 Å². The molecule has 0 spiro atoms. The monoisotopic (exact) mass is 340 g/mol. The van der Waals surface area contributed by atoms with E-state index in [0.29, 0.717) is 18.1 Å². The summed E-state index contributed by atoms with van der Waals surface area (Å²) in [6, 6.07) is 1.63. The predicted molar refractivity (Wildman–Crippen MR) is 93.2 cm³/mol. The molecule has 0 aromatic carbocycles. The number of carbonyl (C=O) groups excluding carboxylic acids is 1. The summed E-state index contributed by atoms with van der Waals surface area (Å²) in [6.45, 7) is 2.31. The number of rotatable bonds is 2. The number of piperidine rings is 1. The summed E-state index contributed by atoms with van der Waals surface area (Å²) < 4.78 is 0. The lowest BCUT2D eigenvalue weighted by Gasteiger charge is -2.29. The van der Waals surface area contributed by atoms with E-state index in [9.17, 15) is 4.79 Å². The average molecular weight is 341 g/mol. The lowest BCUT2D eigenvalue weighted by molar-refractivity contribution is 0.0923. The highest BCUT2D eigenvalue weighted by molar-refractivity contribution is 7.10. The van der Waals surface area contributed by atoms with E-state index >= 15 is 0 Å². The Bertz CT molecular complexity index is 547. The number of carbonyl (C=O) groups is 1. The molecule has 122 valence electrons. The highest BCUT2D eigenvalue weighted by atomic mass is 35.5. The first-order chi connectivity index (χ1) is 10.2. The molecule has 0 radical (unpaired) electrons. The summed E-state index contributed by atoms with van der Waals surface area (Å²) in [5.41, 5.74) is 2.31. The van der Waals surface area contributed by atoms with Crippen molar-refractivity contribution in [3.63, 3.8) is 0 Å². The Kier molecular flexibility index (Phi) is 4.81. The van der Waals surface area contributed by atoms with Crippen molar-refractivity contribution in [3.8, 4) is 0 Å². The summed E-state index contributed by atoms with van der Waals surface area (Å²) in [6.07, 6.45) is 8.23. The fourth-order valence-electron chi connectivity index (χ4n) is 4.31. The maximum absolute atomic E-state index is 12.6.